The van der Waals surface area contributed by atoms with Gasteiger partial charge in [-0.15, -0.1) is 5.10 Å². The largest absolute Gasteiger partial charge is 0.216 e. The lowest BCUT2D eigenvalue weighted by molar-refractivity contribution is 0.882. The number of fused-ring (bicyclic) bond motifs is 3. The molecule has 0 saturated heterocycles. The van der Waals surface area contributed by atoms with E-state index in [-0.39, 0.29) is 0 Å². The number of hydrogen-bond acceptors (Lipinski definition) is 4. The van der Waals surface area contributed by atoms with E-state index in [1.807, 2.05) is 49.4 Å². The number of aromatic nitrogens is 6. The molecule has 0 aliphatic rings. The van der Waals surface area contributed by atoms with Crippen LogP contribution in [0.3, 0.4) is 0 Å². The van der Waals surface area contributed by atoms with E-state index >= 15 is 0 Å². The number of hydrogen-bond donors (Lipinski definition) is 0. The Kier molecular flexibility index (Phi) is 3.48. The number of aryl methyl sites for hydroxylation is 2. The maximum atomic E-state index is 6.27. The molecule has 27 heavy (non-hydrogen) atoms. The number of halogens is 1. The van der Waals surface area contributed by atoms with Gasteiger partial charge in [0, 0.05) is 10.6 Å². The minimum Gasteiger partial charge on any atom is -0.216 e. The second-order valence-corrected chi connectivity index (χ2v) is 6.95. The van der Waals surface area contributed by atoms with Crippen LogP contribution in [0.15, 0.2) is 55.0 Å². The molecular formula is C20H15ClN6. The summed E-state index contributed by atoms with van der Waals surface area (Å²) in [6.45, 7) is 4.03. The maximum Gasteiger partial charge on any atom is 0.182 e. The SMILES string of the molecule is Cc1ccc(-c2nc3c4cnn(-c5ccc(C)c(Cl)c5)c4ncn3n2)cc1. The molecule has 0 aliphatic carbocycles. The van der Waals surface area contributed by atoms with Crippen LogP contribution in [-0.2, 0) is 0 Å². The Bertz CT molecular complexity index is 1300. The molecule has 5 aromatic rings. The molecule has 0 N–H and O–H groups in total. The van der Waals surface area contributed by atoms with Crippen molar-refractivity contribution in [3.8, 4) is 17.1 Å². The summed E-state index contributed by atoms with van der Waals surface area (Å²) in [5.74, 6) is 0.662. The molecule has 0 spiro atoms. The van der Waals surface area contributed by atoms with Gasteiger partial charge in [0.2, 0.25) is 0 Å². The third-order valence-electron chi connectivity index (χ3n) is 4.62. The van der Waals surface area contributed by atoms with Crippen molar-refractivity contribution in [1.29, 1.82) is 0 Å². The van der Waals surface area contributed by atoms with E-state index in [1.54, 1.807) is 21.7 Å². The third-order valence-corrected chi connectivity index (χ3v) is 5.02. The van der Waals surface area contributed by atoms with Crippen molar-refractivity contribution in [3.05, 3.63) is 71.1 Å². The fourth-order valence-electron chi connectivity index (χ4n) is 3.05. The molecule has 0 atom stereocenters. The highest BCUT2D eigenvalue weighted by molar-refractivity contribution is 6.31. The van der Waals surface area contributed by atoms with E-state index in [2.05, 4.69) is 22.1 Å². The van der Waals surface area contributed by atoms with Crippen molar-refractivity contribution >= 4 is 28.3 Å². The van der Waals surface area contributed by atoms with Crippen LogP contribution in [0.1, 0.15) is 11.1 Å². The Morgan fingerprint density at radius 1 is 0.963 bits per heavy atom. The smallest absolute Gasteiger partial charge is 0.182 e. The quantitative estimate of drug-likeness (QED) is 0.459. The van der Waals surface area contributed by atoms with E-state index in [0.29, 0.717) is 16.5 Å². The predicted molar refractivity (Wildman–Crippen MR) is 105 cm³/mol. The average molecular weight is 375 g/mol. The zero-order valence-corrected chi connectivity index (χ0v) is 15.5. The second kappa shape index (κ2) is 5.89. The van der Waals surface area contributed by atoms with Gasteiger partial charge >= 0.3 is 0 Å². The molecule has 0 saturated carbocycles. The number of benzene rings is 2. The Morgan fingerprint density at radius 2 is 1.78 bits per heavy atom. The van der Waals surface area contributed by atoms with Gasteiger partial charge < -0.3 is 0 Å². The fraction of sp³-hybridized carbons (Fsp3) is 0.100. The summed E-state index contributed by atoms with van der Waals surface area (Å²) in [6.07, 6.45) is 3.43. The Hall–Kier alpha value is -3.25. The first-order valence-corrected chi connectivity index (χ1v) is 8.90. The van der Waals surface area contributed by atoms with Crippen molar-refractivity contribution in [3.63, 3.8) is 0 Å². The minimum absolute atomic E-state index is 0.662. The van der Waals surface area contributed by atoms with Gasteiger partial charge in [-0.3, -0.25) is 0 Å². The van der Waals surface area contributed by atoms with Gasteiger partial charge in [0.05, 0.1) is 17.3 Å². The van der Waals surface area contributed by atoms with Crippen molar-refractivity contribution in [2.24, 2.45) is 0 Å². The van der Waals surface area contributed by atoms with Crippen LogP contribution in [0.5, 0.6) is 0 Å². The van der Waals surface area contributed by atoms with E-state index in [0.717, 1.165) is 27.8 Å². The first-order chi connectivity index (χ1) is 13.1. The summed E-state index contributed by atoms with van der Waals surface area (Å²) in [6, 6.07) is 14.0. The van der Waals surface area contributed by atoms with E-state index < -0.39 is 0 Å². The van der Waals surface area contributed by atoms with Gasteiger partial charge in [0.25, 0.3) is 0 Å². The molecule has 7 heteroatoms. The van der Waals surface area contributed by atoms with Crippen LogP contribution in [0.4, 0.5) is 0 Å². The molecule has 5 rings (SSSR count). The van der Waals surface area contributed by atoms with Crippen LogP contribution in [0, 0.1) is 13.8 Å². The van der Waals surface area contributed by atoms with Gasteiger partial charge in [-0.1, -0.05) is 47.5 Å². The Labute approximate surface area is 160 Å². The topological polar surface area (TPSA) is 60.9 Å². The Morgan fingerprint density at radius 3 is 2.56 bits per heavy atom. The van der Waals surface area contributed by atoms with Gasteiger partial charge in [-0.05, 0) is 31.5 Å². The van der Waals surface area contributed by atoms with Gasteiger partial charge in [0.15, 0.2) is 17.1 Å². The highest BCUT2D eigenvalue weighted by atomic mass is 35.5. The van der Waals surface area contributed by atoms with Crippen molar-refractivity contribution in [2.45, 2.75) is 13.8 Å². The average Bonchev–Trinajstić information content (AvgIpc) is 3.28. The van der Waals surface area contributed by atoms with Crippen LogP contribution in [0.25, 0.3) is 33.8 Å². The first kappa shape index (κ1) is 16.0. The van der Waals surface area contributed by atoms with Crippen LogP contribution in [0.2, 0.25) is 5.02 Å². The lowest BCUT2D eigenvalue weighted by Crippen LogP contribution is -1.99. The van der Waals surface area contributed by atoms with E-state index in [9.17, 15) is 0 Å². The highest BCUT2D eigenvalue weighted by Gasteiger charge is 2.14. The lowest BCUT2D eigenvalue weighted by atomic mass is 10.1. The molecular weight excluding hydrogens is 360 g/mol. The third kappa shape index (κ3) is 2.57. The molecule has 3 heterocycles. The van der Waals surface area contributed by atoms with Gasteiger partial charge in [-0.25, -0.2) is 19.2 Å². The van der Waals surface area contributed by atoms with Crippen LogP contribution < -0.4 is 0 Å². The summed E-state index contributed by atoms with van der Waals surface area (Å²) in [7, 11) is 0. The van der Waals surface area contributed by atoms with Crippen molar-refractivity contribution in [2.75, 3.05) is 0 Å². The molecule has 0 bridgehead atoms. The van der Waals surface area contributed by atoms with E-state index in [1.165, 1.54) is 5.56 Å². The van der Waals surface area contributed by atoms with Gasteiger partial charge in [-0.2, -0.15) is 5.10 Å². The highest BCUT2D eigenvalue weighted by Crippen LogP contribution is 2.25. The normalized spacial score (nSPS) is 11.5. The fourth-order valence-corrected chi connectivity index (χ4v) is 3.22. The maximum absolute atomic E-state index is 6.27. The molecule has 3 aromatic heterocycles. The minimum atomic E-state index is 0.662. The molecule has 6 nitrogen and oxygen atoms in total. The molecule has 132 valence electrons. The number of nitrogens with zero attached hydrogens (tertiary/aromatic N) is 6. The van der Waals surface area contributed by atoms with Gasteiger partial charge in [0.1, 0.15) is 6.33 Å². The molecule has 2 aromatic carbocycles. The summed E-state index contributed by atoms with van der Waals surface area (Å²) in [5.41, 5.74) is 5.48. The summed E-state index contributed by atoms with van der Waals surface area (Å²) < 4.78 is 3.45. The molecule has 0 amide bonds. The molecule has 0 aliphatic heterocycles. The van der Waals surface area contributed by atoms with E-state index in [4.69, 9.17) is 16.6 Å². The zero-order valence-electron chi connectivity index (χ0n) is 14.8. The van der Waals surface area contributed by atoms with Crippen molar-refractivity contribution < 1.29 is 0 Å². The van der Waals surface area contributed by atoms with Crippen LogP contribution >= 0.6 is 11.6 Å². The summed E-state index contributed by atoms with van der Waals surface area (Å²) >= 11 is 6.27. The molecule has 0 fully saturated rings. The summed E-state index contributed by atoms with van der Waals surface area (Å²) in [4.78, 5) is 9.25. The Balaban J connectivity index is 1.68. The monoisotopic (exact) mass is 374 g/mol. The first-order valence-electron chi connectivity index (χ1n) is 8.53. The molecule has 0 radical (unpaired) electrons. The van der Waals surface area contributed by atoms with Crippen molar-refractivity contribution in [1.82, 2.24) is 29.4 Å². The lowest BCUT2D eigenvalue weighted by Gasteiger charge is -2.05. The zero-order chi connectivity index (χ0) is 18.5. The second-order valence-electron chi connectivity index (χ2n) is 6.54. The standard InChI is InChI=1S/C20H15ClN6/c1-12-3-6-14(7-4-12)18-24-20-16-10-23-27(19(16)22-11-26(20)25-18)15-8-5-13(2)17(21)9-15/h3-11H,1-2H3. The molecule has 0 unspecified atom stereocenters. The van der Waals surface area contributed by atoms with Crippen LogP contribution in [-0.4, -0.2) is 29.4 Å². The number of rotatable bonds is 2. The summed E-state index contributed by atoms with van der Waals surface area (Å²) in [5, 5.41) is 10.6. The predicted octanol–water partition coefficient (Wildman–Crippen LogP) is 4.40.